The van der Waals surface area contributed by atoms with Gasteiger partial charge < -0.3 is 19.5 Å². The van der Waals surface area contributed by atoms with Crippen LogP contribution in [-0.2, 0) is 11.3 Å². The van der Waals surface area contributed by atoms with E-state index in [0.717, 1.165) is 12.8 Å². The minimum atomic E-state index is -2.28. The second-order valence-corrected chi connectivity index (χ2v) is 21.2. The molecule has 7 nitrogen and oxygen atoms in total. The summed E-state index contributed by atoms with van der Waals surface area (Å²) in [5.74, 6) is 1.78. The standard InChI is InChI=1S/C41H48F4N4O3Si/c1-24(2)53(25(3)4,26(5)6)17-12-30-33(42)9-8-28-18-29(50)19-31(35(28)30)37-36(43)38-32(34(47-37)21-51-7)20-46-40(48-38)52-23-41(13-14-41)22-49-15-10-27(11-16-49)39(44)45/h8-9,18-20,24-26,50H,10-11,13-16,21-23H2,1-7H3. The van der Waals surface area contributed by atoms with Crippen molar-refractivity contribution in [2.75, 3.05) is 33.4 Å². The summed E-state index contributed by atoms with van der Waals surface area (Å²) in [6.07, 6.45) is 2.44. The molecule has 0 radical (unpaired) electrons. The van der Waals surface area contributed by atoms with Crippen LogP contribution in [0.5, 0.6) is 11.8 Å². The number of halogens is 4. The van der Waals surface area contributed by atoms with Gasteiger partial charge in [0.15, 0.2) is 5.82 Å². The molecule has 2 aromatic heterocycles. The van der Waals surface area contributed by atoms with Crippen LogP contribution in [-0.4, -0.2) is 66.4 Å². The number of phenols is 1. The molecule has 0 amide bonds. The van der Waals surface area contributed by atoms with Crippen LogP contribution in [0.4, 0.5) is 17.6 Å². The summed E-state index contributed by atoms with van der Waals surface area (Å²) in [5.41, 5.74) is 5.09. The monoisotopic (exact) mass is 748 g/mol. The number of ether oxygens (including phenoxy) is 2. The van der Waals surface area contributed by atoms with Crippen molar-refractivity contribution in [3.63, 3.8) is 0 Å². The van der Waals surface area contributed by atoms with Crippen LogP contribution >= 0.6 is 0 Å². The largest absolute Gasteiger partial charge is 0.508 e. The lowest BCUT2D eigenvalue weighted by molar-refractivity contribution is 0.146. The number of methoxy groups -OCH3 is 1. The molecule has 282 valence electrons. The number of rotatable bonds is 11. The lowest BCUT2D eigenvalue weighted by Crippen LogP contribution is -2.43. The maximum atomic E-state index is 16.9. The quantitative estimate of drug-likeness (QED) is 0.0930. The van der Waals surface area contributed by atoms with Gasteiger partial charge >= 0.3 is 6.01 Å². The fourth-order valence-corrected chi connectivity index (χ4v) is 13.5. The molecule has 6 rings (SSSR count). The molecular formula is C41H48F4N4O3Si. The van der Waals surface area contributed by atoms with Gasteiger partial charge in [-0.2, -0.15) is 13.8 Å². The molecule has 1 saturated carbocycles. The Bertz CT molecular complexity index is 2090. The van der Waals surface area contributed by atoms with Gasteiger partial charge in [0.05, 0.1) is 24.5 Å². The molecular weight excluding hydrogens is 701 g/mol. The van der Waals surface area contributed by atoms with Crippen molar-refractivity contribution >= 4 is 29.7 Å². The van der Waals surface area contributed by atoms with Gasteiger partial charge in [-0.05, 0) is 71.5 Å². The first-order valence-electron chi connectivity index (χ1n) is 18.4. The van der Waals surface area contributed by atoms with Crippen LogP contribution in [0.25, 0.3) is 32.9 Å². The second kappa shape index (κ2) is 15.4. The predicted octanol–water partition coefficient (Wildman–Crippen LogP) is 9.95. The zero-order chi connectivity index (χ0) is 38.2. The Kier molecular flexibility index (Phi) is 11.2. The highest BCUT2D eigenvalue weighted by Crippen LogP contribution is 2.47. The lowest BCUT2D eigenvalue weighted by Gasteiger charge is -2.38. The first-order chi connectivity index (χ1) is 25.2. The molecule has 2 aliphatic rings. The van der Waals surface area contributed by atoms with E-state index in [0.29, 0.717) is 77.6 Å². The molecule has 2 fully saturated rings. The summed E-state index contributed by atoms with van der Waals surface area (Å²) in [6, 6.07) is 5.76. The van der Waals surface area contributed by atoms with Crippen molar-refractivity contribution in [3.05, 3.63) is 65.0 Å². The minimum Gasteiger partial charge on any atom is -0.508 e. The number of hydrogen-bond donors (Lipinski definition) is 1. The van der Waals surface area contributed by atoms with Crippen LogP contribution in [0.3, 0.4) is 0 Å². The molecule has 0 unspecified atom stereocenters. The van der Waals surface area contributed by atoms with E-state index in [1.807, 2.05) is 0 Å². The van der Waals surface area contributed by atoms with E-state index in [1.165, 1.54) is 31.5 Å². The van der Waals surface area contributed by atoms with Gasteiger partial charge in [0.25, 0.3) is 6.08 Å². The third-order valence-corrected chi connectivity index (χ3v) is 17.6. The summed E-state index contributed by atoms with van der Waals surface area (Å²) in [7, 11) is -0.786. The van der Waals surface area contributed by atoms with E-state index in [9.17, 15) is 13.9 Å². The highest BCUT2D eigenvalue weighted by atomic mass is 28.3. The van der Waals surface area contributed by atoms with Crippen LogP contribution in [0.2, 0.25) is 16.6 Å². The highest BCUT2D eigenvalue weighted by molar-refractivity contribution is 6.90. The average molecular weight is 749 g/mol. The van der Waals surface area contributed by atoms with Crippen LogP contribution in [0.1, 0.15) is 78.5 Å². The molecule has 2 aromatic carbocycles. The number of nitrogens with zero attached hydrogens (tertiary/aromatic N) is 4. The number of pyridine rings is 1. The number of phenolic OH excluding ortho intramolecular Hbond substituents is 1. The van der Waals surface area contributed by atoms with Gasteiger partial charge in [0.2, 0.25) is 0 Å². The maximum absolute atomic E-state index is 16.9. The molecule has 0 atom stereocenters. The van der Waals surface area contributed by atoms with Crippen LogP contribution in [0, 0.1) is 28.5 Å². The van der Waals surface area contributed by atoms with Crippen molar-refractivity contribution in [2.24, 2.45) is 5.41 Å². The first-order valence-corrected chi connectivity index (χ1v) is 20.6. The fourth-order valence-electron chi connectivity index (χ4n) is 8.32. The molecule has 3 heterocycles. The first kappa shape index (κ1) is 38.7. The normalized spacial score (nSPS) is 16.2. The third-order valence-electron chi connectivity index (χ3n) is 11.3. The Balaban J connectivity index is 1.41. The number of hydrogen-bond acceptors (Lipinski definition) is 7. The summed E-state index contributed by atoms with van der Waals surface area (Å²) in [6.45, 7) is 15.2. The smallest absolute Gasteiger partial charge is 0.317 e. The molecule has 1 N–H and O–H groups in total. The number of aromatic nitrogens is 3. The molecule has 1 aliphatic carbocycles. The van der Waals surface area contributed by atoms with Gasteiger partial charge in [-0.1, -0.05) is 53.5 Å². The van der Waals surface area contributed by atoms with E-state index in [1.54, 1.807) is 6.07 Å². The van der Waals surface area contributed by atoms with Crippen molar-refractivity contribution in [1.29, 1.82) is 0 Å². The van der Waals surface area contributed by atoms with Gasteiger partial charge in [-0.3, -0.25) is 0 Å². The van der Waals surface area contributed by atoms with Gasteiger partial charge in [0, 0.05) is 54.7 Å². The Labute approximate surface area is 309 Å². The number of aromatic hydroxyl groups is 1. The Morgan fingerprint density at radius 3 is 2.28 bits per heavy atom. The fraction of sp³-hybridized carbons (Fsp3) is 0.488. The Morgan fingerprint density at radius 2 is 1.68 bits per heavy atom. The predicted molar refractivity (Wildman–Crippen MR) is 203 cm³/mol. The number of benzene rings is 2. The molecule has 12 heteroatoms. The van der Waals surface area contributed by atoms with E-state index in [2.05, 4.69) is 72.9 Å². The summed E-state index contributed by atoms with van der Waals surface area (Å²) in [4.78, 5) is 15.8. The van der Waals surface area contributed by atoms with Crippen molar-refractivity contribution < 1.29 is 32.1 Å². The van der Waals surface area contributed by atoms with Crippen molar-refractivity contribution in [1.82, 2.24) is 19.9 Å². The molecule has 1 aliphatic heterocycles. The van der Waals surface area contributed by atoms with E-state index >= 15 is 8.78 Å². The SMILES string of the molecule is COCc1nc(-c2cc(O)cc3ccc(F)c(C#C[Si](C(C)C)(C(C)C)C(C)C)c23)c(F)c2nc(OCC3(CN4CCC(=C(F)F)CC4)CC3)ncc12. The van der Waals surface area contributed by atoms with Gasteiger partial charge in [-0.15, -0.1) is 5.54 Å². The number of likely N-dealkylation sites (tertiary alicyclic amines) is 1. The topological polar surface area (TPSA) is 80.6 Å². The summed E-state index contributed by atoms with van der Waals surface area (Å²) >= 11 is 0. The summed E-state index contributed by atoms with van der Waals surface area (Å²) < 4.78 is 70.5. The van der Waals surface area contributed by atoms with Crippen molar-refractivity contribution in [2.45, 2.75) is 90.5 Å². The van der Waals surface area contributed by atoms with E-state index in [-0.39, 0.29) is 51.7 Å². The Hall–Kier alpha value is -4.05. The molecule has 53 heavy (non-hydrogen) atoms. The maximum Gasteiger partial charge on any atom is 0.317 e. The van der Waals surface area contributed by atoms with E-state index < -0.39 is 25.8 Å². The van der Waals surface area contributed by atoms with Crippen molar-refractivity contribution in [3.8, 4) is 34.5 Å². The molecule has 4 aromatic rings. The van der Waals surface area contributed by atoms with Gasteiger partial charge in [0.1, 0.15) is 30.9 Å². The van der Waals surface area contributed by atoms with Crippen LogP contribution < -0.4 is 4.74 Å². The third kappa shape index (κ3) is 7.66. The molecule has 0 bridgehead atoms. The minimum absolute atomic E-state index is 0.0118. The average Bonchev–Trinajstić information content (AvgIpc) is 3.88. The summed E-state index contributed by atoms with van der Waals surface area (Å²) in [5, 5.41) is 12.0. The zero-order valence-corrected chi connectivity index (χ0v) is 32.5. The number of piperidine rings is 1. The molecule has 0 spiro atoms. The number of fused-ring (bicyclic) bond motifs is 2. The van der Waals surface area contributed by atoms with Gasteiger partial charge in [-0.25, -0.2) is 18.7 Å². The lowest BCUT2D eigenvalue weighted by atomic mass is 9.95. The van der Waals surface area contributed by atoms with Crippen LogP contribution in [0.15, 0.2) is 42.1 Å². The highest BCUT2D eigenvalue weighted by Gasteiger charge is 2.45. The molecule has 1 saturated heterocycles. The Morgan fingerprint density at radius 1 is 1.00 bits per heavy atom. The van der Waals surface area contributed by atoms with E-state index in [4.69, 9.17) is 9.47 Å². The zero-order valence-electron chi connectivity index (χ0n) is 31.5. The second-order valence-electron chi connectivity index (χ2n) is 15.7.